The van der Waals surface area contributed by atoms with Crippen LogP contribution in [-0.4, -0.2) is 11.0 Å². The third kappa shape index (κ3) is 2.53. The van der Waals surface area contributed by atoms with Gasteiger partial charge in [0, 0.05) is 12.2 Å². The lowest BCUT2D eigenvalue weighted by Gasteiger charge is -2.17. The summed E-state index contributed by atoms with van der Waals surface area (Å²) in [5.41, 5.74) is 6.77. The van der Waals surface area contributed by atoms with Crippen molar-refractivity contribution in [1.82, 2.24) is 4.98 Å². The molecule has 1 heterocycles. The molecule has 15 heavy (non-hydrogen) atoms. The van der Waals surface area contributed by atoms with E-state index in [9.17, 15) is 4.39 Å². The smallest absolute Gasteiger partial charge is 0.144 e. The van der Waals surface area contributed by atoms with Crippen molar-refractivity contribution in [1.29, 1.82) is 0 Å². The van der Waals surface area contributed by atoms with Gasteiger partial charge < -0.3 is 5.73 Å². The molecular weight excluding hydrogens is 191 g/mol. The van der Waals surface area contributed by atoms with Crippen LogP contribution in [0.5, 0.6) is 0 Å². The molecule has 1 aliphatic rings. The molecular formula is C12H17FN2. The van der Waals surface area contributed by atoms with Gasteiger partial charge in [0.05, 0.1) is 6.20 Å². The van der Waals surface area contributed by atoms with Gasteiger partial charge in [0.2, 0.25) is 0 Å². The van der Waals surface area contributed by atoms with E-state index in [2.05, 4.69) is 4.98 Å². The van der Waals surface area contributed by atoms with Crippen LogP contribution in [0.2, 0.25) is 0 Å². The lowest BCUT2D eigenvalue weighted by Crippen LogP contribution is -2.21. The van der Waals surface area contributed by atoms with Gasteiger partial charge in [0.1, 0.15) is 5.82 Å². The van der Waals surface area contributed by atoms with Crippen LogP contribution in [0.1, 0.15) is 43.6 Å². The van der Waals surface area contributed by atoms with E-state index in [4.69, 9.17) is 5.73 Å². The number of aromatic nitrogens is 1. The van der Waals surface area contributed by atoms with Crippen molar-refractivity contribution in [2.75, 3.05) is 0 Å². The monoisotopic (exact) mass is 208 g/mol. The fourth-order valence-corrected chi connectivity index (χ4v) is 2.40. The van der Waals surface area contributed by atoms with Gasteiger partial charge in [0.15, 0.2) is 0 Å². The molecule has 2 rings (SSSR count). The number of nitrogens with zero attached hydrogens (tertiary/aromatic N) is 1. The molecule has 1 fully saturated rings. The van der Waals surface area contributed by atoms with Gasteiger partial charge in [-0.3, -0.25) is 4.98 Å². The van der Waals surface area contributed by atoms with Crippen LogP contribution in [0.15, 0.2) is 18.5 Å². The molecule has 1 aromatic rings. The topological polar surface area (TPSA) is 38.9 Å². The Labute approximate surface area is 89.7 Å². The Morgan fingerprint density at radius 1 is 1.33 bits per heavy atom. The van der Waals surface area contributed by atoms with Crippen molar-refractivity contribution in [2.24, 2.45) is 5.73 Å². The van der Waals surface area contributed by atoms with Gasteiger partial charge in [-0.25, -0.2) is 4.39 Å². The van der Waals surface area contributed by atoms with Crippen LogP contribution in [-0.2, 0) is 0 Å². The first-order valence-corrected chi connectivity index (χ1v) is 5.62. The second-order valence-corrected chi connectivity index (χ2v) is 4.37. The molecule has 2 atom stereocenters. The minimum Gasteiger partial charge on any atom is -0.328 e. The van der Waals surface area contributed by atoms with Gasteiger partial charge in [0.25, 0.3) is 0 Å². The summed E-state index contributed by atoms with van der Waals surface area (Å²) in [5, 5.41) is 0. The normalized spacial score (nSPS) is 27.3. The van der Waals surface area contributed by atoms with Gasteiger partial charge in [-0.05, 0) is 36.8 Å². The van der Waals surface area contributed by atoms with Gasteiger partial charge >= 0.3 is 0 Å². The average molecular weight is 208 g/mol. The minimum atomic E-state index is -0.184. The number of hydrogen-bond acceptors (Lipinski definition) is 2. The van der Waals surface area contributed by atoms with Crippen LogP contribution < -0.4 is 5.73 Å². The Hall–Kier alpha value is -0.960. The molecule has 0 radical (unpaired) electrons. The van der Waals surface area contributed by atoms with Gasteiger partial charge in [-0.1, -0.05) is 12.8 Å². The maximum absolute atomic E-state index is 13.5. The Kier molecular flexibility index (Phi) is 3.31. The van der Waals surface area contributed by atoms with Gasteiger partial charge in [-0.15, -0.1) is 0 Å². The zero-order chi connectivity index (χ0) is 10.7. The van der Waals surface area contributed by atoms with E-state index in [0.717, 1.165) is 31.2 Å². The van der Waals surface area contributed by atoms with Crippen LogP contribution in [0, 0.1) is 5.82 Å². The molecule has 2 nitrogen and oxygen atoms in total. The number of nitrogens with two attached hydrogens (primary N) is 1. The number of hydrogen-bond donors (Lipinski definition) is 1. The number of rotatable bonds is 1. The SMILES string of the molecule is NC1CCCCC(c2ccncc2F)C1. The summed E-state index contributed by atoms with van der Waals surface area (Å²) in [6.45, 7) is 0. The second-order valence-electron chi connectivity index (χ2n) is 4.37. The van der Waals surface area contributed by atoms with E-state index in [1.54, 1.807) is 12.3 Å². The fourth-order valence-electron chi connectivity index (χ4n) is 2.40. The highest BCUT2D eigenvalue weighted by atomic mass is 19.1. The lowest BCUT2D eigenvalue weighted by molar-refractivity contribution is 0.505. The van der Waals surface area contributed by atoms with Crippen LogP contribution in [0.3, 0.4) is 0 Å². The molecule has 2 unspecified atom stereocenters. The standard InChI is InChI=1S/C12H17FN2/c13-12-8-15-6-5-11(12)9-3-1-2-4-10(14)7-9/h5-6,8-10H,1-4,7,14H2. The van der Waals surface area contributed by atoms with Crippen LogP contribution >= 0.6 is 0 Å². The molecule has 0 bridgehead atoms. The number of halogens is 1. The average Bonchev–Trinajstić information content (AvgIpc) is 2.43. The first-order chi connectivity index (χ1) is 7.27. The molecule has 0 spiro atoms. The predicted molar refractivity (Wildman–Crippen MR) is 58.0 cm³/mol. The Morgan fingerprint density at radius 2 is 2.13 bits per heavy atom. The van der Waals surface area contributed by atoms with Crippen molar-refractivity contribution in [3.8, 4) is 0 Å². The third-order valence-corrected chi connectivity index (χ3v) is 3.21. The van der Waals surface area contributed by atoms with Crippen LogP contribution in [0.25, 0.3) is 0 Å². The molecule has 3 heteroatoms. The second kappa shape index (κ2) is 4.71. The number of pyridine rings is 1. The molecule has 1 aromatic heterocycles. The highest BCUT2D eigenvalue weighted by molar-refractivity contribution is 5.18. The molecule has 0 amide bonds. The van der Waals surface area contributed by atoms with Crippen molar-refractivity contribution in [3.63, 3.8) is 0 Å². The highest BCUT2D eigenvalue weighted by Gasteiger charge is 2.21. The summed E-state index contributed by atoms with van der Waals surface area (Å²) < 4.78 is 13.5. The largest absolute Gasteiger partial charge is 0.328 e. The van der Waals surface area contributed by atoms with E-state index in [0.29, 0.717) is 0 Å². The van der Waals surface area contributed by atoms with E-state index in [1.165, 1.54) is 12.6 Å². The molecule has 1 aliphatic carbocycles. The van der Waals surface area contributed by atoms with Crippen LogP contribution in [0.4, 0.5) is 4.39 Å². The van der Waals surface area contributed by atoms with Crippen molar-refractivity contribution in [2.45, 2.75) is 44.1 Å². The maximum Gasteiger partial charge on any atom is 0.144 e. The quantitative estimate of drug-likeness (QED) is 0.720. The Bertz CT molecular complexity index is 327. The third-order valence-electron chi connectivity index (χ3n) is 3.21. The Balaban J connectivity index is 2.18. The predicted octanol–water partition coefficient (Wildman–Crippen LogP) is 2.60. The maximum atomic E-state index is 13.5. The van der Waals surface area contributed by atoms with E-state index in [-0.39, 0.29) is 17.8 Å². The van der Waals surface area contributed by atoms with E-state index in [1.807, 2.05) is 0 Å². The Morgan fingerprint density at radius 3 is 2.93 bits per heavy atom. The molecule has 82 valence electrons. The first-order valence-electron chi connectivity index (χ1n) is 5.62. The summed E-state index contributed by atoms with van der Waals surface area (Å²) in [6, 6.07) is 2.02. The van der Waals surface area contributed by atoms with Crippen molar-refractivity contribution < 1.29 is 4.39 Å². The summed E-state index contributed by atoms with van der Waals surface area (Å²) in [7, 11) is 0. The summed E-state index contributed by atoms with van der Waals surface area (Å²) in [5.74, 6) is 0.0992. The highest BCUT2D eigenvalue weighted by Crippen LogP contribution is 2.32. The minimum absolute atomic E-state index is 0.184. The zero-order valence-electron chi connectivity index (χ0n) is 8.82. The summed E-state index contributed by atoms with van der Waals surface area (Å²) >= 11 is 0. The fraction of sp³-hybridized carbons (Fsp3) is 0.583. The molecule has 1 saturated carbocycles. The van der Waals surface area contributed by atoms with Gasteiger partial charge in [-0.2, -0.15) is 0 Å². The molecule has 2 N–H and O–H groups in total. The molecule has 0 aliphatic heterocycles. The summed E-state index contributed by atoms with van der Waals surface area (Å²) in [4.78, 5) is 3.78. The van der Waals surface area contributed by atoms with Crippen molar-refractivity contribution >= 4 is 0 Å². The molecule has 0 saturated heterocycles. The first kappa shape index (κ1) is 10.6. The lowest BCUT2D eigenvalue weighted by atomic mass is 9.91. The van der Waals surface area contributed by atoms with E-state index >= 15 is 0 Å². The molecule has 0 aromatic carbocycles. The summed E-state index contributed by atoms with van der Waals surface area (Å²) in [6.07, 6.45) is 8.31. The van der Waals surface area contributed by atoms with E-state index < -0.39 is 0 Å². The van der Waals surface area contributed by atoms with Crippen molar-refractivity contribution in [3.05, 3.63) is 29.8 Å². The zero-order valence-corrected chi connectivity index (χ0v) is 8.82.